The summed E-state index contributed by atoms with van der Waals surface area (Å²) in [6, 6.07) is 12.1. The molecule has 8 nitrogen and oxygen atoms in total. The molecule has 4 rings (SSSR count). The smallest absolute Gasteiger partial charge is 0.251 e. The Morgan fingerprint density at radius 1 is 1.17 bits per heavy atom. The molecule has 2 saturated heterocycles. The van der Waals surface area contributed by atoms with Crippen molar-refractivity contribution in [3.05, 3.63) is 48.3 Å². The number of carbonyl (C=O) groups is 1. The van der Waals surface area contributed by atoms with Gasteiger partial charge in [0.05, 0.1) is 17.9 Å². The second-order valence-corrected chi connectivity index (χ2v) is 7.30. The molecule has 0 saturated carbocycles. The minimum absolute atomic E-state index is 0.136. The molecule has 1 atom stereocenters. The second kappa shape index (κ2) is 9.09. The summed E-state index contributed by atoms with van der Waals surface area (Å²) in [6.45, 7) is 4.21. The molecule has 29 heavy (non-hydrogen) atoms. The summed E-state index contributed by atoms with van der Waals surface area (Å²) in [5.41, 5.74) is 1.98. The zero-order chi connectivity index (χ0) is 20.1. The summed E-state index contributed by atoms with van der Waals surface area (Å²) in [7, 11) is 1.79. The average Bonchev–Trinajstić information content (AvgIpc) is 3.47. The van der Waals surface area contributed by atoms with E-state index in [0.717, 1.165) is 43.3 Å². The van der Waals surface area contributed by atoms with E-state index in [1.54, 1.807) is 7.05 Å². The first-order valence-electron chi connectivity index (χ1n) is 10.2. The molecule has 8 heteroatoms. The van der Waals surface area contributed by atoms with Gasteiger partial charge in [0, 0.05) is 46.0 Å². The highest BCUT2D eigenvalue weighted by atomic mass is 16.5. The Kier molecular flexibility index (Phi) is 6.09. The third kappa shape index (κ3) is 4.59. The lowest BCUT2D eigenvalue weighted by Crippen LogP contribution is -2.55. The standard InChI is InChI=1S/C21H28N6O2/c1-22-21(23-16-17-9-10-27(24-17)18-6-3-2-4-7-18)26-13-11-25(12-14-26)20(28)19-8-5-15-29-19/h2-4,6-7,9-10,19H,5,8,11-16H2,1H3,(H,22,23). The summed E-state index contributed by atoms with van der Waals surface area (Å²) in [5.74, 6) is 0.972. The van der Waals surface area contributed by atoms with Crippen LogP contribution in [0.15, 0.2) is 47.6 Å². The van der Waals surface area contributed by atoms with Gasteiger partial charge in [-0.25, -0.2) is 4.68 Å². The summed E-state index contributed by atoms with van der Waals surface area (Å²) < 4.78 is 7.41. The molecule has 1 aromatic carbocycles. The second-order valence-electron chi connectivity index (χ2n) is 7.30. The highest BCUT2D eigenvalue weighted by Gasteiger charge is 2.30. The number of aliphatic imine (C=N–C) groups is 1. The molecule has 0 spiro atoms. The predicted molar refractivity (Wildman–Crippen MR) is 111 cm³/mol. The van der Waals surface area contributed by atoms with Gasteiger partial charge in [-0.3, -0.25) is 9.79 Å². The number of piperazine rings is 1. The fourth-order valence-corrected chi connectivity index (χ4v) is 3.80. The van der Waals surface area contributed by atoms with Gasteiger partial charge in [-0.1, -0.05) is 18.2 Å². The van der Waals surface area contributed by atoms with Gasteiger partial charge < -0.3 is 19.9 Å². The summed E-state index contributed by atoms with van der Waals surface area (Å²) >= 11 is 0. The van der Waals surface area contributed by atoms with Crippen LogP contribution in [0, 0.1) is 0 Å². The van der Waals surface area contributed by atoms with Gasteiger partial charge in [-0.05, 0) is 31.0 Å². The van der Waals surface area contributed by atoms with Crippen LogP contribution in [0.5, 0.6) is 0 Å². The normalized spacial score (nSPS) is 20.2. The van der Waals surface area contributed by atoms with Gasteiger partial charge in [0.1, 0.15) is 6.10 Å². The lowest BCUT2D eigenvalue weighted by molar-refractivity contribution is -0.142. The van der Waals surface area contributed by atoms with Crippen molar-refractivity contribution in [2.24, 2.45) is 4.99 Å². The summed E-state index contributed by atoms with van der Waals surface area (Å²) in [4.78, 5) is 21.0. The molecule has 2 aliphatic rings. The van der Waals surface area contributed by atoms with Crippen molar-refractivity contribution in [2.75, 3.05) is 39.8 Å². The Morgan fingerprint density at radius 2 is 1.93 bits per heavy atom. The molecule has 1 N–H and O–H groups in total. The van der Waals surface area contributed by atoms with Crippen molar-refractivity contribution in [2.45, 2.75) is 25.5 Å². The van der Waals surface area contributed by atoms with Crippen molar-refractivity contribution in [3.8, 4) is 5.69 Å². The van der Waals surface area contributed by atoms with Gasteiger partial charge >= 0.3 is 0 Å². The van der Waals surface area contributed by atoms with E-state index in [4.69, 9.17) is 4.74 Å². The van der Waals surface area contributed by atoms with Crippen LogP contribution in [0.4, 0.5) is 0 Å². The van der Waals surface area contributed by atoms with Crippen molar-refractivity contribution in [3.63, 3.8) is 0 Å². The van der Waals surface area contributed by atoms with Crippen LogP contribution < -0.4 is 5.32 Å². The van der Waals surface area contributed by atoms with Gasteiger partial charge in [-0.2, -0.15) is 5.10 Å². The zero-order valence-electron chi connectivity index (χ0n) is 16.8. The summed E-state index contributed by atoms with van der Waals surface area (Å²) in [5, 5.41) is 8.02. The van der Waals surface area contributed by atoms with E-state index in [2.05, 4.69) is 20.3 Å². The van der Waals surface area contributed by atoms with E-state index in [1.165, 1.54) is 0 Å². The lowest BCUT2D eigenvalue weighted by Gasteiger charge is -2.37. The SMILES string of the molecule is CN=C(NCc1ccn(-c2ccccc2)n1)N1CCN(C(=O)C2CCCO2)CC1. The van der Waals surface area contributed by atoms with E-state index in [-0.39, 0.29) is 12.0 Å². The first-order valence-corrected chi connectivity index (χ1v) is 10.2. The number of amides is 1. The number of para-hydroxylation sites is 1. The molecule has 1 unspecified atom stereocenters. The van der Waals surface area contributed by atoms with Gasteiger partial charge in [0.15, 0.2) is 5.96 Å². The monoisotopic (exact) mass is 396 g/mol. The number of benzene rings is 1. The van der Waals surface area contributed by atoms with Crippen LogP contribution >= 0.6 is 0 Å². The van der Waals surface area contributed by atoms with Crippen molar-refractivity contribution in [1.29, 1.82) is 0 Å². The van der Waals surface area contributed by atoms with Crippen molar-refractivity contribution >= 4 is 11.9 Å². The minimum atomic E-state index is -0.237. The Hall–Kier alpha value is -2.87. The zero-order valence-corrected chi connectivity index (χ0v) is 16.8. The molecule has 1 aromatic heterocycles. The van der Waals surface area contributed by atoms with Crippen LogP contribution in [0.1, 0.15) is 18.5 Å². The maximum atomic E-state index is 12.5. The number of hydrogen-bond donors (Lipinski definition) is 1. The molecule has 154 valence electrons. The van der Waals surface area contributed by atoms with Crippen LogP contribution in [-0.4, -0.2) is 77.4 Å². The van der Waals surface area contributed by atoms with Crippen LogP contribution in [0.3, 0.4) is 0 Å². The minimum Gasteiger partial charge on any atom is -0.368 e. The van der Waals surface area contributed by atoms with E-state index >= 15 is 0 Å². The van der Waals surface area contributed by atoms with Crippen LogP contribution in [-0.2, 0) is 16.1 Å². The highest BCUT2D eigenvalue weighted by molar-refractivity contribution is 5.82. The Bertz CT molecular complexity index is 836. The first-order chi connectivity index (χ1) is 14.2. The van der Waals surface area contributed by atoms with E-state index in [0.29, 0.717) is 26.2 Å². The third-order valence-electron chi connectivity index (χ3n) is 5.40. The quantitative estimate of drug-likeness (QED) is 0.622. The van der Waals surface area contributed by atoms with E-state index < -0.39 is 0 Å². The number of nitrogens with zero attached hydrogens (tertiary/aromatic N) is 5. The lowest BCUT2D eigenvalue weighted by atomic mass is 10.2. The van der Waals surface area contributed by atoms with Crippen LogP contribution in [0.2, 0.25) is 0 Å². The molecule has 1 amide bonds. The molecule has 2 fully saturated rings. The molecular formula is C21H28N6O2. The number of carbonyl (C=O) groups excluding carboxylic acids is 1. The maximum absolute atomic E-state index is 12.5. The first kappa shape index (κ1) is 19.4. The summed E-state index contributed by atoms with van der Waals surface area (Å²) in [6.07, 6.45) is 3.55. The third-order valence-corrected chi connectivity index (χ3v) is 5.40. The Morgan fingerprint density at radius 3 is 2.62 bits per heavy atom. The van der Waals surface area contributed by atoms with Gasteiger partial charge in [0.25, 0.3) is 5.91 Å². The molecule has 2 aliphatic heterocycles. The van der Waals surface area contributed by atoms with Crippen molar-refractivity contribution in [1.82, 2.24) is 24.9 Å². The van der Waals surface area contributed by atoms with E-state index in [9.17, 15) is 4.79 Å². The number of aromatic nitrogens is 2. The fourth-order valence-electron chi connectivity index (χ4n) is 3.80. The van der Waals surface area contributed by atoms with Gasteiger partial charge in [0.2, 0.25) is 0 Å². The van der Waals surface area contributed by atoms with Crippen molar-refractivity contribution < 1.29 is 9.53 Å². The molecule has 0 bridgehead atoms. The largest absolute Gasteiger partial charge is 0.368 e. The Balaban J connectivity index is 1.28. The molecular weight excluding hydrogens is 368 g/mol. The average molecular weight is 396 g/mol. The van der Waals surface area contributed by atoms with Crippen LogP contribution in [0.25, 0.3) is 5.69 Å². The topological polar surface area (TPSA) is 75.0 Å². The fraction of sp³-hybridized carbons (Fsp3) is 0.476. The molecule has 0 aliphatic carbocycles. The number of ether oxygens (including phenoxy) is 1. The molecule has 0 radical (unpaired) electrons. The maximum Gasteiger partial charge on any atom is 0.251 e. The number of rotatable bonds is 4. The number of guanidine groups is 1. The highest BCUT2D eigenvalue weighted by Crippen LogP contribution is 2.16. The number of hydrogen-bond acceptors (Lipinski definition) is 4. The number of nitrogens with one attached hydrogen (secondary N) is 1. The predicted octanol–water partition coefficient (Wildman–Crippen LogP) is 1.27. The molecule has 3 heterocycles. The Labute approximate surface area is 171 Å². The molecule has 2 aromatic rings. The van der Waals surface area contributed by atoms with Gasteiger partial charge in [-0.15, -0.1) is 0 Å². The van der Waals surface area contributed by atoms with E-state index in [1.807, 2.05) is 52.2 Å².